The molecule has 1 heterocycles. The van der Waals surface area contributed by atoms with Gasteiger partial charge < -0.3 is 9.57 Å². The standard InChI is InChI=1S/C7H15NO2/c1-9-8-7-3-2-5-10-6-4-7/h7-8H,2-6H2,1H3. The van der Waals surface area contributed by atoms with Crippen molar-refractivity contribution in [1.29, 1.82) is 0 Å². The molecule has 0 aromatic carbocycles. The van der Waals surface area contributed by atoms with Crippen LogP contribution in [0.15, 0.2) is 0 Å². The van der Waals surface area contributed by atoms with Crippen molar-refractivity contribution >= 4 is 0 Å². The van der Waals surface area contributed by atoms with Crippen molar-refractivity contribution in [3.8, 4) is 0 Å². The van der Waals surface area contributed by atoms with Crippen molar-refractivity contribution < 1.29 is 9.57 Å². The highest BCUT2D eigenvalue weighted by molar-refractivity contribution is 4.64. The summed E-state index contributed by atoms with van der Waals surface area (Å²) in [6.07, 6.45) is 3.36. The summed E-state index contributed by atoms with van der Waals surface area (Å²) in [4.78, 5) is 4.83. The van der Waals surface area contributed by atoms with Crippen LogP contribution in [0.25, 0.3) is 0 Å². The number of hydrogen-bond donors (Lipinski definition) is 1. The first-order valence-corrected chi connectivity index (χ1v) is 3.79. The second-order valence-corrected chi connectivity index (χ2v) is 2.56. The molecule has 1 unspecified atom stereocenters. The highest BCUT2D eigenvalue weighted by Crippen LogP contribution is 2.07. The van der Waals surface area contributed by atoms with Gasteiger partial charge in [-0.1, -0.05) is 0 Å². The van der Waals surface area contributed by atoms with Crippen molar-refractivity contribution in [3.63, 3.8) is 0 Å². The van der Waals surface area contributed by atoms with Crippen molar-refractivity contribution in [3.05, 3.63) is 0 Å². The Morgan fingerprint density at radius 3 is 3.10 bits per heavy atom. The fraction of sp³-hybridized carbons (Fsp3) is 1.00. The molecule has 1 N–H and O–H groups in total. The lowest BCUT2D eigenvalue weighted by Gasteiger charge is -2.12. The molecule has 0 saturated carbocycles. The molecule has 1 aliphatic heterocycles. The average Bonchev–Trinajstić information content (AvgIpc) is 2.17. The Morgan fingerprint density at radius 1 is 1.40 bits per heavy atom. The second-order valence-electron chi connectivity index (χ2n) is 2.56. The highest BCUT2D eigenvalue weighted by Gasteiger charge is 2.10. The maximum absolute atomic E-state index is 5.28. The fourth-order valence-corrected chi connectivity index (χ4v) is 1.19. The van der Waals surface area contributed by atoms with E-state index in [1.54, 1.807) is 7.11 Å². The SMILES string of the molecule is CONC1CCCOCC1. The molecular formula is C7H15NO2. The Labute approximate surface area is 61.7 Å². The average molecular weight is 145 g/mol. The van der Waals surface area contributed by atoms with E-state index in [0.717, 1.165) is 32.5 Å². The number of hydrogen-bond acceptors (Lipinski definition) is 3. The summed E-state index contributed by atoms with van der Waals surface area (Å²) in [5.74, 6) is 0. The van der Waals surface area contributed by atoms with Crippen molar-refractivity contribution in [2.45, 2.75) is 25.3 Å². The first-order chi connectivity index (χ1) is 4.93. The van der Waals surface area contributed by atoms with E-state index >= 15 is 0 Å². The summed E-state index contributed by atoms with van der Waals surface area (Å²) in [6, 6.07) is 0.493. The van der Waals surface area contributed by atoms with E-state index in [1.807, 2.05) is 0 Å². The second kappa shape index (κ2) is 4.66. The lowest BCUT2D eigenvalue weighted by molar-refractivity contribution is 0.0530. The minimum absolute atomic E-state index is 0.493. The Kier molecular flexibility index (Phi) is 3.72. The zero-order chi connectivity index (χ0) is 7.23. The normalized spacial score (nSPS) is 27.9. The van der Waals surface area contributed by atoms with Crippen LogP contribution in [0, 0.1) is 0 Å². The van der Waals surface area contributed by atoms with Gasteiger partial charge in [0.2, 0.25) is 0 Å². The maximum atomic E-state index is 5.28. The third-order valence-corrected chi connectivity index (χ3v) is 1.74. The molecule has 0 radical (unpaired) electrons. The van der Waals surface area contributed by atoms with Gasteiger partial charge in [0.25, 0.3) is 0 Å². The van der Waals surface area contributed by atoms with E-state index in [0.29, 0.717) is 6.04 Å². The molecule has 0 spiro atoms. The van der Waals surface area contributed by atoms with Gasteiger partial charge in [-0.2, -0.15) is 5.48 Å². The van der Waals surface area contributed by atoms with Gasteiger partial charge in [0.1, 0.15) is 0 Å². The largest absolute Gasteiger partial charge is 0.381 e. The van der Waals surface area contributed by atoms with E-state index in [-0.39, 0.29) is 0 Å². The lowest BCUT2D eigenvalue weighted by atomic mass is 10.1. The molecule has 60 valence electrons. The summed E-state index contributed by atoms with van der Waals surface area (Å²) in [7, 11) is 1.66. The van der Waals surface area contributed by atoms with E-state index in [4.69, 9.17) is 9.57 Å². The van der Waals surface area contributed by atoms with E-state index in [1.165, 1.54) is 0 Å². The maximum Gasteiger partial charge on any atom is 0.0572 e. The first kappa shape index (κ1) is 7.98. The Hall–Kier alpha value is -0.120. The van der Waals surface area contributed by atoms with Gasteiger partial charge in [-0.05, 0) is 19.3 Å². The van der Waals surface area contributed by atoms with Crippen LogP contribution in [0.4, 0.5) is 0 Å². The summed E-state index contributed by atoms with van der Waals surface area (Å²) in [6.45, 7) is 1.77. The molecule has 3 heteroatoms. The Bertz CT molecular complexity index is 79.7. The fourth-order valence-electron chi connectivity index (χ4n) is 1.19. The molecule has 0 aromatic rings. The van der Waals surface area contributed by atoms with Crippen LogP contribution >= 0.6 is 0 Å². The van der Waals surface area contributed by atoms with Crippen LogP contribution in [0.5, 0.6) is 0 Å². The van der Waals surface area contributed by atoms with Gasteiger partial charge in [0.05, 0.1) is 7.11 Å². The smallest absolute Gasteiger partial charge is 0.0572 e. The van der Waals surface area contributed by atoms with Gasteiger partial charge in [-0.15, -0.1) is 0 Å². The zero-order valence-electron chi connectivity index (χ0n) is 6.43. The third-order valence-electron chi connectivity index (χ3n) is 1.74. The number of ether oxygens (including phenoxy) is 1. The molecule has 0 amide bonds. The summed E-state index contributed by atoms with van der Waals surface area (Å²) in [5, 5.41) is 0. The lowest BCUT2D eigenvalue weighted by Crippen LogP contribution is -2.27. The van der Waals surface area contributed by atoms with E-state index in [9.17, 15) is 0 Å². The van der Waals surface area contributed by atoms with E-state index in [2.05, 4.69) is 5.48 Å². The van der Waals surface area contributed by atoms with Crippen molar-refractivity contribution in [1.82, 2.24) is 5.48 Å². The van der Waals surface area contributed by atoms with Crippen LogP contribution in [0.2, 0.25) is 0 Å². The molecule has 1 fully saturated rings. The summed E-state index contributed by atoms with van der Waals surface area (Å²) >= 11 is 0. The van der Waals surface area contributed by atoms with Crippen molar-refractivity contribution in [2.75, 3.05) is 20.3 Å². The first-order valence-electron chi connectivity index (χ1n) is 3.79. The van der Waals surface area contributed by atoms with Crippen LogP contribution in [0.1, 0.15) is 19.3 Å². The molecular weight excluding hydrogens is 130 g/mol. The number of rotatable bonds is 2. The minimum atomic E-state index is 0.493. The van der Waals surface area contributed by atoms with Crippen LogP contribution in [0.3, 0.4) is 0 Å². The van der Waals surface area contributed by atoms with Gasteiger partial charge in [0, 0.05) is 19.3 Å². The quantitative estimate of drug-likeness (QED) is 0.580. The molecule has 10 heavy (non-hydrogen) atoms. The van der Waals surface area contributed by atoms with E-state index < -0.39 is 0 Å². The molecule has 0 aliphatic carbocycles. The minimum Gasteiger partial charge on any atom is -0.381 e. The predicted octanol–water partition coefficient (Wildman–Crippen LogP) is 0.707. The monoisotopic (exact) mass is 145 g/mol. The number of nitrogens with one attached hydrogen (secondary N) is 1. The van der Waals surface area contributed by atoms with Gasteiger partial charge in [-0.25, -0.2) is 0 Å². The van der Waals surface area contributed by atoms with Crippen LogP contribution in [-0.2, 0) is 9.57 Å². The summed E-state index contributed by atoms with van der Waals surface area (Å²) < 4.78 is 5.28. The Morgan fingerprint density at radius 2 is 2.30 bits per heavy atom. The van der Waals surface area contributed by atoms with Gasteiger partial charge in [-0.3, -0.25) is 0 Å². The van der Waals surface area contributed by atoms with Crippen molar-refractivity contribution in [2.24, 2.45) is 0 Å². The zero-order valence-corrected chi connectivity index (χ0v) is 6.43. The molecule has 0 bridgehead atoms. The predicted molar refractivity (Wildman–Crippen MR) is 38.6 cm³/mol. The molecule has 1 rings (SSSR count). The van der Waals surface area contributed by atoms with Gasteiger partial charge >= 0.3 is 0 Å². The molecule has 3 nitrogen and oxygen atoms in total. The highest BCUT2D eigenvalue weighted by atomic mass is 16.6. The van der Waals surface area contributed by atoms with Crippen LogP contribution in [-0.4, -0.2) is 26.4 Å². The molecule has 1 saturated heterocycles. The molecule has 0 aromatic heterocycles. The number of hydroxylamine groups is 1. The molecule has 1 aliphatic rings. The Balaban J connectivity index is 2.15. The molecule has 1 atom stereocenters. The topological polar surface area (TPSA) is 30.5 Å². The van der Waals surface area contributed by atoms with Gasteiger partial charge in [0.15, 0.2) is 0 Å². The third kappa shape index (κ3) is 2.64. The summed E-state index contributed by atoms with van der Waals surface area (Å²) in [5.41, 5.74) is 2.94. The van der Waals surface area contributed by atoms with Crippen LogP contribution < -0.4 is 5.48 Å².